The molecule has 8 nitrogen and oxygen atoms in total. The van der Waals surface area contributed by atoms with E-state index in [9.17, 15) is 14.7 Å². The molecule has 0 saturated carbocycles. The molecule has 0 bridgehead atoms. The molecule has 0 radical (unpaired) electrons. The third kappa shape index (κ3) is 6.14. The molecule has 2 amide bonds. The summed E-state index contributed by atoms with van der Waals surface area (Å²) in [4.78, 5) is 30.1. The molecule has 1 aliphatic rings. The van der Waals surface area contributed by atoms with Crippen molar-refractivity contribution in [2.24, 2.45) is 13.0 Å². The van der Waals surface area contributed by atoms with Crippen molar-refractivity contribution in [3.8, 4) is 5.75 Å². The molecule has 0 aliphatic carbocycles. The number of ether oxygens (including phenoxy) is 1. The Kier molecular flexibility index (Phi) is 8.19. The van der Waals surface area contributed by atoms with Gasteiger partial charge in [-0.2, -0.15) is 0 Å². The van der Waals surface area contributed by atoms with Crippen LogP contribution in [-0.4, -0.2) is 77.2 Å². The molecular weight excluding hydrogens is 468 g/mol. The van der Waals surface area contributed by atoms with Gasteiger partial charge in [0.25, 0.3) is 0 Å². The summed E-state index contributed by atoms with van der Waals surface area (Å²) < 4.78 is 8.49. The van der Waals surface area contributed by atoms with Gasteiger partial charge in [-0.1, -0.05) is 25.1 Å². The molecule has 0 spiro atoms. The number of benzene rings is 2. The van der Waals surface area contributed by atoms with Crippen molar-refractivity contribution in [2.45, 2.75) is 38.8 Å². The van der Waals surface area contributed by atoms with Crippen LogP contribution in [0.3, 0.4) is 0 Å². The number of aryl methyl sites for hydroxylation is 1. The van der Waals surface area contributed by atoms with Crippen LogP contribution in [0, 0.1) is 5.92 Å². The number of aliphatic hydroxyl groups excluding tert-OH is 1. The lowest BCUT2D eigenvalue weighted by Gasteiger charge is -2.33. The molecule has 0 fully saturated rings. The summed E-state index contributed by atoms with van der Waals surface area (Å²) in [5.41, 5.74) is 3.40. The van der Waals surface area contributed by atoms with Crippen molar-refractivity contribution < 1.29 is 19.4 Å². The van der Waals surface area contributed by atoms with Crippen LogP contribution < -0.4 is 10.1 Å². The Bertz CT molecular complexity index is 1270. The van der Waals surface area contributed by atoms with Gasteiger partial charge in [0.2, 0.25) is 11.8 Å². The predicted molar refractivity (Wildman–Crippen MR) is 146 cm³/mol. The Morgan fingerprint density at radius 3 is 2.73 bits per heavy atom. The van der Waals surface area contributed by atoms with Crippen LogP contribution in [0.25, 0.3) is 10.9 Å². The first-order valence-electron chi connectivity index (χ1n) is 12.8. The molecule has 0 saturated heterocycles. The number of fused-ring (bicyclic) bond motifs is 2. The van der Waals surface area contributed by atoms with Crippen LogP contribution >= 0.6 is 0 Å². The van der Waals surface area contributed by atoms with Gasteiger partial charge >= 0.3 is 0 Å². The Morgan fingerprint density at radius 1 is 1.24 bits per heavy atom. The van der Waals surface area contributed by atoms with E-state index >= 15 is 0 Å². The maximum absolute atomic E-state index is 13.3. The number of rotatable bonds is 7. The van der Waals surface area contributed by atoms with Crippen LogP contribution in [0.5, 0.6) is 5.75 Å². The summed E-state index contributed by atoms with van der Waals surface area (Å²) in [6, 6.07) is 13.2. The zero-order valence-corrected chi connectivity index (χ0v) is 22.4. The maximum Gasteiger partial charge on any atom is 0.228 e. The number of nitrogens with one attached hydrogen (secondary N) is 1. The van der Waals surface area contributed by atoms with Gasteiger partial charge < -0.3 is 29.5 Å². The van der Waals surface area contributed by atoms with E-state index in [4.69, 9.17) is 4.74 Å². The van der Waals surface area contributed by atoms with E-state index in [1.807, 2.05) is 81.3 Å². The Hall–Kier alpha value is -3.36. The zero-order chi connectivity index (χ0) is 26.7. The molecule has 2 heterocycles. The molecule has 198 valence electrons. The van der Waals surface area contributed by atoms with Gasteiger partial charge in [-0.05, 0) is 50.8 Å². The van der Waals surface area contributed by atoms with Crippen LogP contribution in [0.1, 0.15) is 25.0 Å². The highest BCUT2D eigenvalue weighted by molar-refractivity contribution is 5.96. The standard InChI is InChI=1S/C29H38N4O4/c1-19-15-33(20(2)18-34)29(36)14-21-12-23(10-11-26(21)37-27(19)17-31(3)4)30-28(35)13-22-16-32(5)25-9-7-6-8-24(22)25/h6-12,16,19-20,27,34H,13-15,17-18H2,1-5H3,(H,30,35)/t19-,20-,27+/m1/s1. The molecule has 3 aromatic rings. The Morgan fingerprint density at radius 2 is 2.00 bits per heavy atom. The van der Waals surface area contributed by atoms with Gasteiger partial charge in [0, 0.05) is 54.4 Å². The van der Waals surface area contributed by atoms with Gasteiger partial charge in [0.05, 0.1) is 25.5 Å². The van der Waals surface area contributed by atoms with E-state index in [1.54, 1.807) is 4.90 Å². The number of anilines is 1. The summed E-state index contributed by atoms with van der Waals surface area (Å²) in [6.07, 6.45) is 2.23. The van der Waals surface area contributed by atoms with Crippen molar-refractivity contribution in [1.29, 1.82) is 0 Å². The number of nitrogens with zero attached hydrogens (tertiary/aromatic N) is 3. The number of aliphatic hydroxyl groups is 1. The maximum atomic E-state index is 13.3. The minimum Gasteiger partial charge on any atom is -0.488 e. The second kappa shape index (κ2) is 11.4. The number of hydrogen-bond donors (Lipinski definition) is 2. The zero-order valence-electron chi connectivity index (χ0n) is 22.4. The second-order valence-corrected chi connectivity index (χ2v) is 10.5. The van der Waals surface area contributed by atoms with Crippen molar-refractivity contribution in [2.75, 3.05) is 39.1 Å². The summed E-state index contributed by atoms with van der Waals surface area (Å²) in [5, 5.41) is 13.8. The van der Waals surface area contributed by atoms with Gasteiger partial charge in [-0.3, -0.25) is 9.59 Å². The van der Waals surface area contributed by atoms with Gasteiger partial charge in [-0.15, -0.1) is 0 Å². The number of aromatic nitrogens is 1. The van der Waals surface area contributed by atoms with Crippen LogP contribution in [0.4, 0.5) is 5.69 Å². The molecule has 2 N–H and O–H groups in total. The predicted octanol–water partition coefficient (Wildman–Crippen LogP) is 3.07. The average molecular weight is 507 g/mol. The fourth-order valence-corrected chi connectivity index (χ4v) is 5.03. The SMILES string of the molecule is C[C@@H]1CN([C@H](C)CO)C(=O)Cc2cc(NC(=O)Cc3cn(C)c4ccccc34)ccc2O[C@H]1CN(C)C. The number of likely N-dealkylation sites (N-methyl/N-ethyl adjacent to an activating group) is 1. The smallest absolute Gasteiger partial charge is 0.228 e. The lowest BCUT2D eigenvalue weighted by Crippen LogP contribution is -2.47. The lowest BCUT2D eigenvalue weighted by atomic mass is 10.0. The molecule has 2 aromatic carbocycles. The first kappa shape index (κ1) is 26.7. The summed E-state index contributed by atoms with van der Waals surface area (Å²) in [7, 11) is 5.97. The molecule has 4 rings (SSSR count). The van der Waals surface area contributed by atoms with Gasteiger partial charge in [0.15, 0.2) is 0 Å². The molecule has 1 aliphatic heterocycles. The molecule has 0 unspecified atom stereocenters. The highest BCUT2D eigenvalue weighted by atomic mass is 16.5. The molecule has 3 atom stereocenters. The Balaban J connectivity index is 1.58. The normalized spacial score (nSPS) is 19.1. The van der Waals surface area contributed by atoms with E-state index in [-0.39, 0.29) is 49.3 Å². The Labute approximate surface area is 218 Å². The van der Waals surface area contributed by atoms with E-state index in [2.05, 4.69) is 17.1 Å². The summed E-state index contributed by atoms with van der Waals surface area (Å²) in [5.74, 6) is 0.521. The van der Waals surface area contributed by atoms with Crippen molar-refractivity contribution in [3.05, 3.63) is 59.8 Å². The molecule has 37 heavy (non-hydrogen) atoms. The lowest BCUT2D eigenvalue weighted by molar-refractivity contribution is -0.134. The van der Waals surface area contributed by atoms with Crippen molar-refractivity contribution >= 4 is 28.4 Å². The minimum absolute atomic E-state index is 0.0615. The molecule has 1 aromatic heterocycles. The average Bonchev–Trinajstić information content (AvgIpc) is 3.18. The van der Waals surface area contributed by atoms with Gasteiger partial charge in [-0.25, -0.2) is 0 Å². The van der Waals surface area contributed by atoms with E-state index in [0.717, 1.165) is 22.0 Å². The highest BCUT2D eigenvalue weighted by Crippen LogP contribution is 2.29. The fourth-order valence-electron chi connectivity index (χ4n) is 5.03. The number of carbonyl (C=O) groups is 2. The van der Waals surface area contributed by atoms with Crippen LogP contribution in [0.2, 0.25) is 0 Å². The quantitative estimate of drug-likeness (QED) is 0.514. The first-order chi connectivity index (χ1) is 17.7. The van der Waals surface area contributed by atoms with Crippen LogP contribution in [0.15, 0.2) is 48.7 Å². The minimum atomic E-state index is -0.292. The summed E-state index contributed by atoms with van der Waals surface area (Å²) in [6.45, 7) is 5.02. The first-order valence-corrected chi connectivity index (χ1v) is 12.8. The van der Waals surface area contributed by atoms with Crippen LogP contribution in [-0.2, 0) is 29.5 Å². The second-order valence-electron chi connectivity index (χ2n) is 10.5. The van der Waals surface area contributed by atoms with Crippen molar-refractivity contribution in [3.63, 3.8) is 0 Å². The molecule has 8 heteroatoms. The number of hydrogen-bond acceptors (Lipinski definition) is 5. The monoisotopic (exact) mass is 506 g/mol. The topological polar surface area (TPSA) is 87.0 Å². The third-order valence-electron chi connectivity index (χ3n) is 7.08. The molecular formula is C29H38N4O4. The van der Waals surface area contributed by atoms with E-state index < -0.39 is 0 Å². The third-order valence-corrected chi connectivity index (χ3v) is 7.08. The number of amides is 2. The van der Waals surface area contributed by atoms with Crippen molar-refractivity contribution in [1.82, 2.24) is 14.4 Å². The van der Waals surface area contributed by atoms with Gasteiger partial charge in [0.1, 0.15) is 11.9 Å². The highest BCUT2D eigenvalue weighted by Gasteiger charge is 2.30. The fraction of sp³-hybridized carbons (Fsp3) is 0.448. The summed E-state index contributed by atoms with van der Waals surface area (Å²) >= 11 is 0. The number of para-hydroxylation sites is 1. The largest absolute Gasteiger partial charge is 0.488 e. The van der Waals surface area contributed by atoms with E-state index in [0.29, 0.717) is 24.5 Å². The van der Waals surface area contributed by atoms with E-state index in [1.165, 1.54) is 0 Å². The number of carbonyl (C=O) groups excluding carboxylic acids is 2.